The zero-order valence-electron chi connectivity index (χ0n) is 21.3. The molecule has 1 aliphatic rings. The van der Waals surface area contributed by atoms with Crippen molar-refractivity contribution in [3.05, 3.63) is 95.8 Å². The molecule has 8 heteroatoms. The van der Waals surface area contributed by atoms with Crippen LogP contribution in [0.4, 0.5) is 5.82 Å². The summed E-state index contributed by atoms with van der Waals surface area (Å²) >= 11 is 0. The van der Waals surface area contributed by atoms with Gasteiger partial charge in [0.15, 0.2) is 0 Å². The van der Waals surface area contributed by atoms with Gasteiger partial charge < -0.3 is 5.32 Å². The van der Waals surface area contributed by atoms with Gasteiger partial charge in [-0.25, -0.2) is 18.4 Å². The van der Waals surface area contributed by atoms with Crippen LogP contribution in [-0.4, -0.2) is 53.8 Å². The summed E-state index contributed by atoms with van der Waals surface area (Å²) in [7, 11) is -3.50. The van der Waals surface area contributed by atoms with Crippen LogP contribution in [0, 0.1) is 0 Å². The Hall–Kier alpha value is -3.33. The maximum absolute atomic E-state index is 13.2. The van der Waals surface area contributed by atoms with E-state index in [0.29, 0.717) is 37.6 Å². The lowest BCUT2D eigenvalue weighted by atomic mass is 10.2. The van der Waals surface area contributed by atoms with Gasteiger partial charge in [-0.2, -0.15) is 4.31 Å². The predicted molar refractivity (Wildman–Crippen MR) is 148 cm³/mol. The summed E-state index contributed by atoms with van der Waals surface area (Å²) in [6, 6.07) is 25.5. The van der Waals surface area contributed by atoms with Gasteiger partial charge in [-0.1, -0.05) is 61.5 Å². The third-order valence-corrected chi connectivity index (χ3v) is 9.00. The van der Waals surface area contributed by atoms with Crippen LogP contribution in [0.1, 0.15) is 36.8 Å². The van der Waals surface area contributed by atoms with Crippen molar-refractivity contribution in [2.75, 3.05) is 31.5 Å². The molecule has 0 amide bonds. The van der Waals surface area contributed by atoms with Crippen molar-refractivity contribution >= 4 is 26.7 Å². The van der Waals surface area contributed by atoms with Gasteiger partial charge in [-0.05, 0) is 48.7 Å². The fourth-order valence-electron chi connectivity index (χ4n) is 4.74. The van der Waals surface area contributed by atoms with Crippen molar-refractivity contribution < 1.29 is 8.42 Å². The van der Waals surface area contributed by atoms with Gasteiger partial charge in [0.2, 0.25) is 10.0 Å². The van der Waals surface area contributed by atoms with Crippen molar-refractivity contribution in [3.8, 4) is 0 Å². The maximum Gasteiger partial charge on any atom is 0.243 e. The van der Waals surface area contributed by atoms with Crippen molar-refractivity contribution in [2.45, 2.75) is 37.8 Å². The molecule has 1 N–H and O–H groups in total. The molecule has 1 atom stereocenters. The number of fused-ring (bicyclic) bond motifs is 1. The Morgan fingerprint density at radius 3 is 2.22 bits per heavy atom. The average molecular weight is 516 g/mol. The SMILES string of the molecule is CCc1ccc(S(=O)(=O)N2CCN([C@H](C)c3nc(NCc4ccccc4)c4ccccc4n3)CC2)cc1. The Kier molecular flexibility index (Phi) is 7.50. The third kappa shape index (κ3) is 5.51. The van der Waals surface area contributed by atoms with Gasteiger partial charge in [0.25, 0.3) is 0 Å². The van der Waals surface area contributed by atoms with Crippen molar-refractivity contribution in [2.24, 2.45) is 0 Å². The summed E-state index contributed by atoms with van der Waals surface area (Å²) in [5, 5.41) is 4.48. The molecule has 37 heavy (non-hydrogen) atoms. The largest absolute Gasteiger partial charge is 0.365 e. The van der Waals surface area contributed by atoms with E-state index in [2.05, 4.69) is 36.2 Å². The van der Waals surface area contributed by atoms with Crippen LogP contribution in [0.2, 0.25) is 0 Å². The summed E-state index contributed by atoms with van der Waals surface area (Å²) in [6.45, 7) is 6.95. The summed E-state index contributed by atoms with van der Waals surface area (Å²) in [6.07, 6.45) is 0.886. The molecule has 0 aliphatic carbocycles. The molecule has 5 rings (SSSR count). The molecule has 4 aromatic rings. The van der Waals surface area contributed by atoms with Crippen LogP contribution < -0.4 is 5.32 Å². The Morgan fingerprint density at radius 2 is 1.51 bits per heavy atom. The standard InChI is InChI=1S/C29H33N5O2S/c1-3-23-13-15-25(16-14-23)37(35,36)34-19-17-33(18-20-34)22(2)28-31-27-12-8-7-11-26(27)29(32-28)30-21-24-9-5-4-6-10-24/h4-16,22H,3,17-21H2,1-2H3,(H,30,31,32)/t22-/m1/s1. The molecule has 0 spiro atoms. The number of hydrogen-bond donors (Lipinski definition) is 1. The minimum Gasteiger partial charge on any atom is -0.365 e. The minimum absolute atomic E-state index is 0.0458. The number of nitrogens with one attached hydrogen (secondary N) is 1. The van der Waals surface area contributed by atoms with Crippen LogP contribution in [0.15, 0.2) is 83.8 Å². The zero-order chi connectivity index (χ0) is 25.8. The molecular weight excluding hydrogens is 482 g/mol. The number of aryl methyl sites for hydroxylation is 1. The van der Waals surface area contributed by atoms with Crippen molar-refractivity contribution in [3.63, 3.8) is 0 Å². The number of hydrogen-bond acceptors (Lipinski definition) is 6. The quantitative estimate of drug-likeness (QED) is 0.361. The third-order valence-electron chi connectivity index (χ3n) is 7.09. The minimum atomic E-state index is -3.50. The van der Waals surface area contributed by atoms with E-state index in [1.807, 2.05) is 54.6 Å². The van der Waals surface area contributed by atoms with E-state index in [0.717, 1.165) is 34.5 Å². The van der Waals surface area contributed by atoms with Gasteiger partial charge in [0.05, 0.1) is 16.5 Å². The molecule has 7 nitrogen and oxygen atoms in total. The second-order valence-corrected chi connectivity index (χ2v) is 11.3. The van der Waals surface area contributed by atoms with E-state index in [9.17, 15) is 8.42 Å². The number of nitrogens with zero attached hydrogens (tertiary/aromatic N) is 4. The topological polar surface area (TPSA) is 78.4 Å². The predicted octanol–water partition coefficient (Wildman–Crippen LogP) is 4.87. The first-order valence-electron chi connectivity index (χ1n) is 12.8. The second-order valence-electron chi connectivity index (χ2n) is 9.40. The molecule has 3 aromatic carbocycles. The highest BCUT2D eigenvalue weighted by molar-refractivity contribution is 7.89. The van der Waals surface area contributed by atoms with Crippen LogP contribution in [0.3, 0.4) is 0 Å². The first kappa shape index (κ1) is 25.3. The summed E-state index contributed by atoms with van der Waals surface area (Å²) < 4.78 is 28.0. The normalized spacial score (nSPS) is 16.1. The van der Waals surface area contributed by atoms with Crippen LogP contribution >= 0.6 is 0 Å². The Balaban J connectivity index is 1.31. The van der Waals surface area contributed by atoms with E-state index < -0.39 is 10.0 Å². The smallest absolute Gasteiger partial charge is 0.243 e. The molecule has 2 heterocycles. The van der Waals surface area contributed by atoms with Gasteiger partial charge in [0.1, 0.15) is 11.6 Å². The van der Waals surface area contributed by atoms with Crippen LogP contribution in [-0.2, 0) is 23.0 Å². The highest BCUT2D eigenvalue weighted by atomic mass is 32.2. The lowest BCUT2D eigenvalue weighted by Gasteiger charge is -2.36. The highest BCUT2D eigenvalue weighted by Crippen LogP contribution is 2.27. The fraction of sp³-hybridized carbons (Fsp3) is 0.310. The number of piperazine rings is 1. The monoisotopic (exact) mass is 515 g/mol. The molecule has 192 valence electrons. The van der Waals surface area contributed by atoms with E-state index in [1.165, 1.54) is 5.56 Å². The number of rotatable bonds is 8. The van der Waals surface area contributed by atoms with Gasteiger partial charge >= 0.3 is 0 Å². The fourth-order valence-corrected chi connectivity index (χ4v) is 6.16. The van der Waals surface area contributed by atoms with E-state index >= 15 is 0 Å². The molecule has 0 radical (unpaired) electrons. The number of para-hydroxylation sites is 1. The maximum atomic E-state index is 13.2. The first-order valence-corrected chi connectivity index (χ1v) is 14.3. The molecule has 1 aliphatic heterocycles. The number of sulfonamides is 1. The molecular formula is C29H33N5O2S. The summed E-state index contributed by atoms with van der Waals surface area (Å²) in [5.74, 6) is 1.55. The zero-order valence-corrected chi connectivity index (χ0v) is 22.2. The van der Waals surface area contributed by atoms with E-state index in [4.69, 9.17) is 9.97 Å². The van der Waals surface area contributed by atoms with Gasteiger partial charge in [-0.15, -0.1) is 0 Å². The van der Waals surface area contributed by atoms with Gasteiger partial charge in [0, 0.05) is 38.1 Å². The Morgan fingerprint density at radius 1 is 0.838 bits per heavy atom. The van der Waals surface area contributed by atoms with Gasteiger partial charge in [-0.3, -0.25) is 4.90 Å². The molecule has 1 fully saturated rings. The van der Waals surface area contributed by atoms with Crippen molar-refractivity contribution in [1.29, 1.82) is 0 Å². The van der Waals surface area contributed by atoms with Crippen LogP contribution in [0.5, 0.6) is 0 Å². The number of aromatic nitrogens is 2. The number of anilines is 1. The molecule has 1 saturated heterocycles. The Labute approximate surface area is 219 Å². The van der Waals surface area contributed by atoms with E-state index in [1.54, 1.807) is 16.4 Å². The molecule has 0 bridgehead atoms. The Bertz CT molecular complexity index is 1450. The van der Waals surface area contributed by atoms with Crippen molar-refractivity contribution in [1.82, 2.24) is 19.2 Å². The first-order chi connectivity index (χ1) is 18.0. The van der Waals surface area contributed by atoms with E-state index in [-0.39, 0.29) is 6.04 Å². The average Bonchev–Trinajstić information content (AvgIpc) is 2.96. The number of benzene rings is 3. The lowest BCUT2D eigenvalue weighted by Crippen LogP contribution is -2.49. The molecule has 0 unspecified atom stereocenters. The lowest BCUT2D eigenvalue weighted by molar-refractivity contribution is 0.141. The molecule has 1 aromatic heterocycles. The second kappa shape index (κ2) is 11.0. The highest BCUT2D eigenvalue weighted by Gasteiger charge is 2.31. The summed E-state index contributed by atoms with van der Waals surface area (Å²) in [5.41, 5.74) is 3.21. The summed E-state index contributed by atoms with van der Waals surface area (Å²) in [4.78, 5) is 12.4. The van der Waals surface area contributed by atoms with Crippen LogP contribution in [0.25, 0.3) is 10.9 Å². The molecule has 0 saturated carbocycles.